The number of hydrogen-bond donors (Lipinski definition) is 0. The summed E-state index contributed by atoms with van der Waals surface area (Å²) < 4.78 is 17.5. The average molecular weight is 340 g/mol. The van der Waals surface area contributed by atoms with Crippen molar-refractivity contribution in [2.45, 2.75) is 51.3 Å². The van der Waals surface area contributed by atoms with Gasteiger partial charge in [0.2, 0.25) is 0 Å². The van der Waals surface area contributed by atoms with Gasteiger partial charge < -0.3 is 14.2 Å². The highest BCUT2D eigenvalue weighted by molar-refractivity contribution is 5.70. The van der Waals surface area contributed by atoms with Crippen molar-refractivity contribution in [3.8, 4) is 0 Å². The Labute approximate surface area is 148 Å². The van der Waals surface area contributed by atoms with Gasteiger partial charge in [-0.25, -0.2) is 0 Å². The van der Waals surface area contributed by atoms with E-state index in [1.807, 2.05) is 81.4 Å². The summed E-state index contributed by atoms with van der Waals surface area (Å²) in [5.41, 5.74) is 1.54. The minimum atomic E-state index is -0.620. The van der Waals surface area contributed by atoms with Crippen molar-refractivity contribution < 1.29 is 19.0 Å². The number of benzene rings is 2. The van der Waals surface area contributed by atoms with E-state index < -0.39 is 11.9 Å². The van der Waals surface area contributed by atoms with Gasteiger partial charge in [-0.15, -0.1) is 0 Å². The van der Waals surface area contributed by atoms with Crippen LogP contribution in [-0.4, -0.2) is 17.9 Å². The highest BCUT2D eigenvalue weighted by atomic mass is 16.7. The fourth-order valence-corrected chi connectivity index (χ4v) is 2.91. The number of esters is 1. The van der Waals surface area contributed by atoms with Gasteiger partial charge in [-0.2, -0.15) is 0 Å². The molecule has 1 saturated heterocycles. The second kappa shape index (κ2) is 7.38. The summed E-state index contributed by atoms with van der Waals surface area (Å²) in [6, 6.07) is 19.9. The predicted molar refractivity (Wildman–Crippen MR) is 94.8 cm³/mol. The lowest BCUT2D eigenvalue weighted by molar-refractivity contribution is -0.164. The highest BCUT2D eigenvalue weighted by Crippen LogP contribution is 2.43. The van der Waals surface area contributed by atoms with Crippen LogP contribution in [0.1, 0.15) is 50.5 Å². The molecule has 0 bridgehead atoms. The summed E-state index contributed by atoms with van der Waals surface area (Å²) >= 11 is 0. The first-order valence-corrected chi connectivity index (χ1v) is 8.55. The second-order valence-electron chi connectivity index (χ2n) is 7.15. The van der Waals surface area contributed by atoms with E-state index in [2.05, 4.69) is 0 Å². The Kier molecular flexibility index (Phi) is 5.21. The molecule has 4 nitrogen and oxygen atoms in total. The number of carbonyl (C=O) groups excluding carboxylic acids is 1. The Bertz CT molecular complexity index is 643. The van der Waals surface area contributed by atoms with Crippen LogP contribution in [0.4, 0.5) is 0 Å². The molecule has 1 aliphatic rings. The van der Waals surface area contributed by atoms with Crippen LogP contribution in [0.2, 0.25) is 0 Å². The quantitative estimate of drug-likeness (QED) is 0.765. The largest absolute Gasteiger partial charge is 0.460 e. The first kappa shape index (κ1) is 17.6. The number of rotatable bonds is 4. The lowest BCUT2D eigenvalue weighted by atomic mass is 9.99. The summed E-state index contributed by atoms with van der Waals surface area (Å²) in [6.07, 6.45) is -1.05. The maximum atomic E-state index is 12.1. The Morgan fingerprint density at radius 2 is 1.32 bits per heavy atom. The van der Waals surface area contributed by atoms with Crippen LogP contribution in [0, 0.1) is 0 Å². The minimum Gasteiger partial charge on any atom is -0.460 e. The van der Waals surface area contributed by atoms with Crippen molar-refractivity contribution in [2.75, 3.05) is 0 Å². The van der Waals surface area contributed by atoms with Gasteiger partial charge in [0.25, 0.3) is 0 Å². The van der Waals surface area contributed by atoms with E-state index in [-0.39, 0.29) is 24.6 Å². The Morgan fingerprint density at radius 1 is 0.880 bits per heavy atom. The van der Waals surface area contributed by atoms with Crippen LogP contribution < -0.4 is 0 Å². The summed E-state index contributed by atoms with van der Waals surface area (Å²) in [4.78, 5) is 12.1. The molecule has 1 unspecified atom stereocenters. The Balaban J connectivity index is 1.77. The molecule has 0 aliphatic carbocycles. The summed E-state index contributed by atoms with van der Waals surface area (Å²) in [5.74, 6) is -0.321. The number of ether oxygens (including phenoxy) is 3. The van der Waals surface area contributed by atoms with E-state index in [0.717, 1.165) is 11.1 Å². The Morgan fingerprint density at radius 3 is 1.72 bits per heavy atom. The van der Waals surface area contributed by atoms with Gasteiger partial charge in [0.15, 0.2) is 6.29 Å². The van der Waals surface area contributed by atoms with E-state index in [4.69, 9.17) is 14.2 Å². The average Bonchev–Trinajstić information content (AvgIpc) is 2.98. The van der Waals surface area contributed by atoms with Crippen molar-refractivity contribution >= 4 is 5.97 Å². The molecule has 0 N–H and O–H groups in total. The van der Waals surface area contributed by atoms with Crippen LogP contribution in [-0.2, 0) is 19.0 Å². The smallest absolute Gasteiger partial charge is 0.311 e. The normalized spacial score (nSPS) is 23.4. The van der Waals surface area contributed by atoms with E-state index in [9.17, 15) is 4.79 Å². The molecular formula is C21H24O4. The molecule has 1 heterocycles. The maximum absolute atomic E-state index is 12.1. The third-order valence-corrected chi connectivity index (χ3v) is 3.88. The standard InChI is InChI=1S/C21H24O4/c1-21(2,3)25-17(22)14-18-23-19(15-10-6-4-7-11-15)20(24-18)16-12-8-5-9-13-16/h4-13,18-20H,14H2,1-3H3/t18?,19-,20+. The van der Waals surface area contributed by atoms with Gasteiger partial charge in [0.05, 0.1) is 6.42 Å². The lowest BCUT2D eigenvalue weighted by Crippen LogP contribution is -2.26. The number of hydrogen-bond acceptors (Lipinski definition) is 4. The summed E-state index contributed by atoms with van der Waals surface area (Å²) in [5, 5.41) is 0. The summed E-state index contributed by atoms with van der Waals surface area (Å²) in [7, 11) is 0. The van der Waals surface area contributed by atoms with Gasteiger partial charge in [-0.1, -0.05) is 60.7 Å². The third-order valence-electron chi connectivity index (χ3n) is 3.88. The monoisotopic (exact) mass is 340 g/mol. The van der Waals surface area contributed by atoms with E-state index in [1.165, 1.54) is 0 Å². The first-order valence-electron chi connectivity index (χ1n) is 8.55. The SMILES string of the molecule is CC(C)(C)OC(=O)CC1O[C@H](c2ccccc2)[C@H](c2ccccc2)O1. The van der Waals surface area contributed by atoms with Crippen LogP contribution in [0.15, 0.2) is 60.7 Å². The van der Waals surface area contributed by atoms with E-state index >= 15 is 0 Å². The molecule has 2 aromatic rings. The molecule has 0 saturated carbocycles. The highest BCUT2D eigenvalue weighted by Gasteiger charge is 2.39. The fourth-order valence-electron chi connectivity index (χ4n) is 2.91. The van der Waals surface area contributed by atoms with E-state index in [0.29, 0.717) is 0 Å². The summed E-state index contributed by atoms with van der Waals surface area (Å²) in [6.45, 7) is 5.54. The van der Waals surface area contributed by atoms with Gasteiger partial charge in [-0.05, 0) is 31.9 Å². The van der Waals surface area contributed by atoms with Gasteiger partial charge in [-0.3, -0.25) is 4.79 Å². The molecule has 3 atom stereocenters. The maximum Gasteiger partial charge on any atom is 0.311 e. The van der Waals surface area contributed by atoms with Crippen LogP contribution in [0.25, 0.3) is 0 Å². The van der Waals surface area contributed by atoms with Crippen LogP contribution in [0.3, 0.4) is 0 Å². The van der Waals surface area contributed by atoms with Crippen molar-refractivity contribution in [3.63, 3.8) is 0 Å². The molecular weight excluding hydrogens is 316 g/mol. The number of carbonyl (C=O) groups is 1. The predicted octanol–water partition coefficient (Wildman–Crippen LogP) is 4.57. The van der Waals surface area contributed by atoms with Crippen molar-refractivity contribution in [1.82, 2.24) is 0 Å². The van der Waals surface area contributed by atoms with E-state index in [1.54, 1.807) is 0 Å². The van der Waals surface area contributed by atoms with Gasteiger partial charge in [0, 0.05) is 0 Å². The van der Waals surface area contributed by atoms with Crippen molar-refractivity contribution in [2.24, 2.45) is 0 Å². The zero-order valence-corrected chi connectivity index (χ0v) is 14.8. The molecule has 2 aromatic carbocycles. The third kappa shape index (κ3) is 4.68. The lowest BCUT2D eigenvalue weighted by Gasteiger charge is -2.20. The molecule has 0 aromatic heterocycles. The van der Waals surface area contributed by atoms with Crippen molar-refractivity contribution in [1.29, 1.82) is 0 Å². The molecule has 132 valence electrons. The molecule has 1 fully saturated rings. The Hall–Kier alpha value is -2.17. The molecule has 1 aliphatic heterocycles. The fraction of sp³-hybridized carbons (Fsp3) is 0.381. The van der Waals surface area contributed by atoms with Gasteiger partial charge in [0.1, 0.15) is 17.8 Å². The van der Waals surface area contributed by atoms with Gasteiger partial charge >= 0.3 is 5.97 Å². The molecule has 0 amide bonds. The zero-order chi connectivity index (χ0) is 17.9. The molecule has 3 rings (SSSR count). The molecule has 25 heavy (non-hydrogen) atoms. The second-order valence-corrected chi connectivity index (χ2v) is 7.15. The molecule has 0 radical (unpaired) electrons. The van der Waals surface area contributed by atoms with Crippen LogP contribution >= 0.6 is 0 Å². The minimum absolute atomic E-state index is 0.0734. The molecule has 4 heteroatoms. The molecule has 0 spiro atoms. The topological polar surface area (TPSA) is 44.8 Å². The van der Waals surface area contributed by atoms with Crippen LogP contribution in [0.5, 0.6) is 0 Å². The first-order chi connectivity index (χ1) is 11.9. The van der Waals surface area contributed by atoms with Crippen molar-refractivity contribution in [3.05, 3.63) is 71.8 Å². The zero-order valence-electron chi connectivity index (χ0n) is 14.8.